The van der Waals surface area contributed by atoms with E-state index in [0.717, 1.165) is 0 Å². The number of thioether (sulfide) groups is 1. The van der Waals surface area contributed by atoms with E-state index in [9.17, 15) is 29.4 Å². The highest BCUT2D eigenvalue weighted by atomic mass is 32.2. The molecule has 0 spiro atoms. The van der Waals surface area contributed by atoms with Crippen LogP contribution in [0.15, 0.2) is 0 Å². The van der Waals surface area contributed by atoms with Crippen molar-refractivity contribution in [3.8, 4) is 0 Å². The molecule has 7 N–H and O–H groups in total. The molecule has 6 atom stereocenters. The van der Waals surface area contributed by atoms with Gasteiger partial charge in [-0.05, 0) is 26.7 Å². The zero-order valence-corrected chi connectivity index (χ0v) is 17.3. The zero-order chi connectivity index (χ0) is 21.9. The highest BCUT2D eigenvalue weighted by molar-refractivity contribution is 7.99. The molecule has 0 unspecified atom stereocenters. The normalized spacial score (nSPS) is 26.0. The largest absolute Gasteiger partial charge is 0.391 e. The third kappa shape index (κ3) is 5.18. The second-order valence-electron chi connectivity index (χ2n) is 7.41. The number of amides is 4. The summed E-state index contributed by atoms with van der Waals surface area (Å²) in [6.07, 6.45) is -1.26. The number of nitrogens with zero attached hydrogens (tertiary/aromatic N) is 2. The van der Waals surface area contributed by atoms with Gasteiger partial charge in [-0.15, -0.1) is 11.8 Å². The van der Waals surface area contributed by atoms with Gasteiger partial charge in [-0.3, -0.25) is 19.2 Å². The summed E-state index contributed by atoms with van der Waals surface area (Å²) in [6.45, 7) is 3.07. The molecule has 0 aromatic heterocycles. The van der Waals surface area contributed by atoms with Gasteiger partial charge in [0.05, 0.1) is 18.1 Å². The fraction of sp³-hybridized carbons (Fsp3) is 0.765. The summed E-state index contributed by atoms with van der Waals surface area (Å²) in [4.78, 5) is 52.5. The first-order valence-electron chi connectivity index (χ1n) is 9.46. The fourth-order valence-electron chi connectivity index (χ4n) is 3.44. The summed E-state index contributed by atoms with van der Waals surface area (Å²) < 4.78 is 0. The van der Waals surface area contributed by atoms with E-state index in [-0.39, 0.29) is 11.8 Å². The van der Waals surface area contributed by atoms with Crippen molar-refractivity contribution in [1.29, 1.82) is 0 Å². The fourth-order valence-corrected chi connectivity index (χ4v) is 4.59. The molecule has 2 aliphatic heterocycles. The number of primary amides is 1. The lowest BCUT2D eigenvalue weighted by Crippen LogP contribution is -2.59. The average Bonchev–Trinajstić information content (AvgIpc) is 3.32. The van der Waals surface area contributed by atoms with Crippen molar-refractivity contribution in [3.05, 3.63) is 0 Å². The van der Waals surface area contributed by atoms with Crippen molar-refractivity contribution in [1.82, 2.24) is 15.1 Å². The molecule has 11 nitrogen and oxygen atoms in total. The number of aliphatic hydroxyl groups is 2. The second kappa shape index (κ2) is 9.74. The maximum Gasteiger partial charge on any atom is 0.246 e. The second-order valence-corrected chi connectivity index (χ2v) is 8.41. The van der Waals surface area contributed by atoms with Gasteiger partial charge >= 0.3 is 0 Å². The molecule has 2 aliphatic rings. The number of nitrogens with two attached hydrogens (primary N) is 2. The highest BCUT2D eigenvalue weighted by Crippen LogP contribution is 2.27. The van der Waals surface area contributed by atoms with E-state index >= 15 is 0 Å². The maximum atomic E-state index is 13.1. The van der Waals surface area contributed by atoms with Gasteiger partial charge in [-0.1, -0.05) is 0 Å². The van der Waals surface area contributed by atoms with E-state index in [1.807, 2.05) is 0 Å². The minimum absolute atomic E-state index is 0.270. The minimum Gasteiger partial charge on any atom is -0.391 e. The molecule has 0 aliphatic carbocycles. The van der Waals surface area contributed by atoms with Crippen molar-refractivity contribution in [2.45, 2.75) is 63.1 Å². The monoisotopic (exact) mass is 431 g/mol. The maximum absolute atomic E-state index is 13.1. The molecule has 29 heavy (non-hydrogen) atoms. The topological polar surface area (TPSA) is 179 Å². The van der Waals surface area contributed by atoms with Crippen LogP contribution in [0.4, 0.5) is 0 Å². The van der Waals surface area contributed by atoms with E-state index in [2.05, 4.69) is 5.32 Å². The summed E-state index contributed by atoms with van der Waals surface area (Å²) in [6, 6.07) is -4.00. The van der Waals surface area contributed by atoms with E-state index < -0.39 is 54.1 Å². The van der Waals surface area contributed by atoms with Crippen LogP contribution in [0.1, 0.15) is 26.7 Å². The van der Waals surface area contributed by atoms with Crippen LogP contribution in [0.25, 0.3) is 0 Å². The minimum atomic E-state index is -1.26. The Balaban J connectivity index is 2.11. The van der Waals surface area contributed by atoms with E-state index in [1.54, 1.807) is 0 Å². The summed E-state index contributed by atoms with van der Waals surface area (Å²) in [5, 5.41) is 21.6. The van der Waals surface area contributed by atoms with E-state index in [4.69, 9.17) is 11.5 Å². The summed E-state index contributed by atoms with van der Waals surface area (Å²) in [7, 11) is 0. The Bertz CT molecular complexity index is 660. The third-order valence-corrected chi connectivity index (χ3v) is 6.19. The predicted molar refractivity (Wildman–Crippen MR) is 105 cm³/mol. The van der Waals surface area contributed by atoms with Crippen molar-refractivity contribution >= 4 is 35.4 Å². The van der Waals surface area contributed by atoms with Gasteiger partial charge in [0, 0.05) is 12.3 Å². The van der Waals surface area contributed by atoms with Gasteiger partial charge in [-0.2, -0.15) is 0 Å². The molecule has 12 heteroatoms. The smallest absolute Gasteiger partial charge is 0.246 e. The lowest BCUT2D eigenvalue weighted by atomic mass is 10.1. The SMILES string of the molecule is C[C@@H](O)[C@H](N)C(=O)N1CSC[C@H]1C(=O)N1CCC[C@H]1C(=O)N[C@H](C(N)=O)[C@@H](C)O. The predicted octanol–water partition coefficient (Wildman–Crippen LogP) is -3.06. The molecular formula is C17H29N5O6S. The molecule has 164 valence electrons. The van der Waals surface area contributed by atoms with Gasteiger partial charge in [0.1, 0.15) is 24.2 Å². The molecule has 2 heterocycles. The van der Waals surface area contributed by atoms with Gasteiger partial charge in [0.2, 0.25) is 23.6 Å². The molecule has 2 fully saturated rings. The van der Waals surface area contributed by atoms with Gasteiger partial charge in [0.15, 0.2) is 0 Å². The Morgan fingerprint density at radius 1 is 1.10 bits per heavy atom. The number of nitrogens with one attached hydrogen (secondary N) is 1. The van der Waals surface area contributed by atoms with Gasteiger partial charge in [-0.25, -0.2) is 0 Å². The Hall–Kier alpha value is -1.89. The number of hydrogen-bond acceptors (Lipinski definition) is 8. The molecule has 0 bridgehead atoms. The Labute approximate surface area is 173 Å². The summed E-state index contributed by atoms with van der Waals surface area (Å²) >= 11 is 1.39. The molecule has 0 saturated carbocycles. The first kappa shape index (κ1) is 23.4. The van der Waals surface area contributed by atoms with E-state index in [1.165, 1.54) is 35.4 Å². The lowest BCUT2D eigenvalue weighted by Gasteiger charge is -2.32. The number of likely N-dealkylation sites (tertiary alicyclic amines) is 1. The average molecular weight is 432 g/mol. The standard InChI is InChI=1S/C17H29N5O6S/c1-8(23)12(18)17(28)22-7-29-6-11(22)16(27)21-5-3-4-10(21)15(26)20-13(9(2)24)14(19)25/h8-13,23-24H,3-7,18H2,1-2H3,(H2,19,25)(H,20,26)/t8-,9-,10+,11+,12+,13+/m1/s1. The van der Waals surface area contributed by atoms with Crippen LogP contribution in [0, 0.1) is 0 Å². The molecular weight excluding hydrogens is 402 g/mol. The van der Waals surface area contributed by atoms with Crippen LogP contribution < -0.4 is 16.8 Å². The Morgan fingerprint density at radius 2 is 1.76 bits per heavy atom. The van der Waals surface area contributed by atoms with Crippen LogP contribution >= 0.6 is 11.8 Å². The molecule has 0 aromatic rings. The number of rotatable bonds is 7. The van der Waals surface area contributed by atoms with Crippen LogP contribution in [0.2, 0.25) is 0 Å². The molecule has 2 rings (SSSR count). The summed E-state index contributed by atoms with van der Waals surface area (Å²) in [5.74, 6) is -1.73. The lowest BCUT2D eigenvalue weighted by molar-refractivity contribution is -0.148. The highest BCUT2D eigenvalue weighted by Gasteiger charge is 2.44. The number of carbonyl (C=O) groups excluding carboxylic acids is 4. The van der Waals surface area contributed by atoms with Crippen molar-refractivity contribution in [2.24, 2.45) is 11.5 Å². The Morgan fingerprint density at radius 3 is 2.31 bits per heavy atom. The van der Waals surface area contributed by atoms with Crippen LogP contribution in [-0.2, 0) is 19.2 Å². The van der Waals surface area contributed by atoms with Crippen molar-refractivity contribution in [3.63, 3.8) is 0 Å². The third-order valence-electron chi connectivity index (χ3n) is 5.18. The molecule has 2 saturated heterocycles. The number of hydrogen-bond donors (Lipinski definition) is 5. The zero-order valence-electron chi connectivity index (χ0n) is 16.5. The molecule has 0 radical (unpaired) electrons. The van der Waals surface area contributed by atoms with Gasteiger partial charge < -0.3 is 36.8 Å². The Kier molecular flexibility index (Phi) is 7.86. The van der Waals surface area contributed by atoms with Crippen LogP contribution in [0.5, 0.6) is 0 Å². The number of carbonyl (C=O) groups is 4. The first-order chi connectivity index (χ1) is 13.6. The van der Waals surface area contributed by atoms with Crippen molar-refractivity contribution in [2.75, 3.05) is 18.2 Å². The quantitative estimate of drug-likeness (QED) is 0.282. The van der Waals surface area contributed by atoms with Crippen molar-refractivity contribution < 1.29 is 29.4 Å². The molecule has 4 amide bonds. The number of aliphatic hydroxyl groups excluding tert-OH is 2. The summed E-state index contributed by atoms with van der Waals surface area (Å²) in [5.41, 5.74) is 10.9. The van der Waals surface area contributed by atoms with E-state index in [0.29, 0.717) is 25.1 Å². The van der Waals surface area contributed by atoms with Crippen LogP contribution in [0.3, 0.4) is 0 Å². The molecule has 0 aromatic carbocycles. The first-order valence-corrected chi connectivity index (χ1v) is 10.6. The van der Waals surface area contributed by atoms with Crippen LogP contribution in [-0.4, -0.2) is 98.2 Å². The van der Waals surface area contributed by atoms with Gasteiger partial charge in [0.25, 0.3) is 0 Å².